The van der Waals surface area contributed by atoms with Gasteiger partial charge in [0.05, 0.1) is 27.6 Å². The Morgan fingerprint density at radius 3 is 1.91 bits per heavy atom. The Kier molecular flexibility index (Phi) is 9.53. The van der Waals surface area contributed by atoms with E-state index in [1.807, 2.05) is 21.1 Å². The Morgan fingerprint density at radius 2 is 1.45 bits per heavy atom. The van der Waals surface area contributed by atoms with Gasteiger partial charge in [-0.15, -0.1) is 0 Å². The van der Waals surface area contributed by atoms with Crippen LogP contribution < -0.4 is 0 Å². The van der Waals surface area contributed by atoms with Gasteiger partial charge in [-0.1, -0.05) is 45.4 Å². The molecular formula is C17H34NO4+. The Labute approximate surface area is 134 Å². The molecule has 0 amide bonds. The van der Waals surface area contributed by atoms with Gasteiger partial charge in [0.15, 0.2) is 11.4 Å². The van der Waals surface area contributed by atoms with Crippen LogP contribution in [0.3, 0.4) is 0 Å². The van der Waals surface area contributed by atoms with Gasteiger partial charge < -0.3 is 14.7 Å². The summed E-state index contributed by atoms with van der Waals surface area (Å²) in [4.78, 5) is 23.3. The van der Waals surface area contributed by atoms with Crippen molar-refractivity contribution in [2.24, 2.45) is 0 Å². The Bertz CT molecular complexity index is 349. The summed E-state index contributed by atoms with van der Waals surface area (Å²) in [6.45, 7) is 2.30. The van der Waals surface area contributed by atoms with Gasteiger partial charge in [-0.25, -0.2) is 0 Å². The summed E-state index contributed by atoms with van der Waals surface area (Å²) in [5.74, 6) is -1.47. The number of aliphatic hydroxyl groups is 1. The van der Waals surface area contributed by atoms with E-state index in [9.17, 15) is 14.7 Å². The van der Waals surface area contributed by atoms with Crippen molar-refractivity contribution in [2.45, 2.75) is 70.3 Å². The van der Waals surface area contributed by atoms with Crippen LogP contribution in [0.5, 0.6) is 0 Å². The van der Waals surface area contributed by atoms with Crippen LogP contribution in [-0.4, -0.2) is 59.7 Å². The van der Waals surface area contributed by atoms with Crippen LogP contribution in [0, 0.1) is 0 Å². The van der Waals surface area contributed by atoms with Crippen LogP contribution >= 0.6 is 0 Å². The number of carboxylic acids is 1. The van der Waals surface area contributed by atoms with Crippen molar-refractivity contribution >= 4 is 11.8 Å². The second-order valence-corrected chi connectivity index (χ2v) is 7.35. The molecule has 1 unspecified atom stereocenters. The molecule has 0 saturated heterocycles. The summed E-state index contributed by atoms with van der Waals surface area (Å²) < 4.78 is 0.354. The fraction of sp³-hybridized carbons (Fsp3) is 0.882. The first-order valence-electron chi connectivity index (χ1n) is 8.38. The monoisotopic (exact) mass is 316 g/mol. The summed E-state index contributed by atoms with van der Waals surface area (Å²) in [5.41, 5.74) is -1.76. The lowest BCUT2D eigenvalue weighted by molar-refractivity contribution is -0.875. The molecular weight excluding hydrogens is 282 g/mol. The standard InChI is InChI=1S/C17H33NO4/c1-5-6-7-8-9-10-11-12-15(19)17(22,13-16(20)21)14-18(2,3)4/h22H,5-14H2,1-4H3/p+1. The number of ketones is 1. The van der Waals surface area contributed by atoms with E-state index >= 15 is 0 Å². The topological polar surface area (TPSA) is 74.6 Å². The zero-order valence-corrected chi connectivity index (χ0v) is 14.7. The lowest BCUT2D eigenvalue weighted by Crippen LogP contribution is -2.54. The number of hydrogen-bond acceptors (Lipinski definition) is 3. The average Bonchev–Trinajstić information content (AvgIpc) is 2.34. The lowest BCUT2D eigenvalue weighted by Gasteiger charge is -2.33. The molecule has 0 saturated carbocycles. The van der Waals surface area contributed by atoms with Crippen LogP contribution in [0.1, 0.15) is 64.7 Å². The number of aliphatic carboxylic acids is 1. The van der Waals surface area contributed by atoms with E-state index in [1.165, 1.54) is 25.7 Å². The number of unbranched alkanes of at least 4 members (excludes halogenated alkanes) is 6. The summed E-state index contributed by atoms with van der Waals surface area (Å²) in [6.07, 6.45) is 7.41. The first kappa shape index (κ1) is 21.1. The summed E-state index contributed by atoms with van der Waals surface area (Å²) in [7, 11) is 5.52. The average molecular weight is 316 g/mol. The minimum Gasteiger partial charge on any atom is -0.481 e. The van der Waals surface area contributed by atoms with E-state index in [2.05, 4.69) is 6.92 Å². The SMILES string of the molecule is CCCCCCCCCC(=O)C(O)(CC(=O)O)C[N+](C)(C)C. The van der Waals surface area contributed by atoms with E-state index in [0.29, 0.717) is 4.48 Å². The molecule has 130 valence electrons. The Balaban J connectivity index is 4.31. The fourth-order valence-corrected chi connectivity index (χ4v) is 2.75. The summed E-state index contributed by atoms with van der Waals surface area (Å²) >= 11 is 0. The zero-order valence-electron chi connectivity index (χ0n) is 14.7. The molecule has 0 fully saturated rings. The van der Waals surface area contributed by atoms with Crippen LogP contribution in [0.15, 0.2) is 0 Å². The number of carbonyl (C=O) groups excluding carboxylic acids is 1. The molecule has 0 rings (SSSR count). The fourth-order valence-electron chi connectivity index (χ4n) is 2.75. The van der Waals surface area contributed by atoms with Gasteiger partial charge in [-0.3, -0.25) is 9.59 Å². The second kappa shape index (κ2) is 9.95. The summed E-state index contributed by atoms with van der Waals surface area (Å²) in [6, 6.07) is 0. The van der Waals surface area contributed by atoms with Gasteiger partial charge in [0, 0.05) is 6.42 Å². The van der Waals surface area contributed by atoms with Gasteiger partial charge >= 0.3 is 5.97 Å². The number of likely N-dealkylation sites (N-methyl/N-ethyl adjacent to an activating group) is 1. The molecule has 0 radical (unpaired) electrons. The highest BCUT2D eigenvalue weighted by Gasteiger charge is 2.42. The maximum absolute atomic E-state index is 12.3. The molecule has 5 heteroatoms. The largest absolute Gasteiger partial charge is 0.481 e. The smallest absolute Gasteiger partial charge is 0.306 e. The van der Waals surface area contributed by atoms with E-state index in [4.69, 9.17) is 5.11 Å². The molecule has 0 heterocycles. The maximum atomic E-state index is 12.3. The van der Waals surface area contributed by atoms with Crippen molar-refractivity contribution in [2.75, 3.05) is 27.7 Å². The van der Waals surface area contributed by atoms with Crippen LogP contribution in [0.2, 0.25) is 0 Å². The molecule has 0 aromatic carbocycles. The third kappa shape index (κ3) is 9.90. The maximum Gasteiger partial charge on any atom is 0.306 e. The van der Waals surface area contributed by atoms with Gasteiger partial charge in [-0.2, -0.15) is 0 Å². The van der Waals surface area contributed by atoms with Crippen LogP contribution in [0.4, 0.5) is 0 Å². The van der Waals surface area contributed by atoms with Crippen molar-refractivity contribution in [1.29, 1.82) is 0 Å². The van der Waals surface area contributed by atoms with Crippen LogP contribution in [-0.2, 0) is 9.59 Å². The molecule has 1 atom stereocenters. The minimum atomic E-state index is -1.76. The molecule has 22 heavy (non-hydrogen) atoms. The highest BCUT2D eigenvalue weighted by atomic mass is 16.4. The number of carbonyl (C=O) groups is 2. The van der Waals surface area contributed by atoms with Gasteiger partial charge in [0.25, 0.3) is 0 Å². The number of rotatable bonds is 13. The number of quaternary nitrogens is 1. The number of nitrogens with zero attached hydrogens (tertiary/aromatic N) is 1. The highest BCUT2D eigenvalue weighted by Crippen LogP contribution is 2.20. The minimum absolute atomic E-state index is 0.120. The van der Waals surface area contributed by atoms with Crippen molar-refractivity contribution in [3.05, 3.63) is 0 Å². The first-order valence-corrected chi connectivity index (χ1v) is 8.38. The van der Waals surface area contributed by atoms with Crippen molar-refractivity contribution in [3.63, 3.8) is 0 Å². The third-order valence-electron chi connectivity index (χ3n) is 3.71. The third-order valence-corrected chi connectivity index (χ3v) is 3.71. The predicted octanol–water partition coefficient (Wildman–Crippen LogP) is 2.61. The molecule has 0 bridgehead atoms. The lowest BCUT2D eigenvalue weighted by atomic mass is 9.89. The zero-order chi connectivity index (χ0) is 17.2. The van der Waals surface area contributed by atoms with Crippen molar-refractivity contribution in [1.82, 2.24) is 0 Å². The van der Waals surface area contributed by atoms with Crippen molar-refractivity contribution in [3.8, 4) is 0 Å². The van der Waals surface area contributed by atoms with Gasteiger partial charge in [0.2, 0.25) is 0 Å². The molecule has 2 N–H and O–H groups in total. The Morgan fingerprint density at radius 1 is 0.955 bits per heavy atom. The molecule has 0 aromatic heterocycles. The summed E-state index contributed by atoms with van der Waals surface area (Å²) in [5, 5.41) is 19.5. The van der Waals surface area contributed by atoms with E-state index in [1.54, 1.807) is 0 Å². The highest BCUT2D eigenvalue weighted by molar-refractivity contribution is 5.90. The van der Waals surface area contributed by atoms with E-state index < -0.39 is 18.0 Å². The number of hydrogen-bond donors (Lipinski definition) is 2. The molecule has 0 aromatic rings. The second-order valence-electron chi connectivity index (χ2n) is 7.35. The molecule has 0 aliphatic heterocycles. The molecule has 5 nitrogen and oxygen atoms in total. The van der Waals surface area contributed by atoms with Gasteiger partial charge in [0.1, 0.15) is 6.54 Å². The van der Waals surface area contributed by atoms with E-state index in [-0.39, 0.29) is 18.7 Å². The first-order chi connectivity index (χ1) is 10.1. The van der Waals surface area contributed by atoms with Crippen molar-refractivity contribution < 1.29 is 24.3 Å². The van der Waals surface area contributed by atoms with Crippen LogP contribution in [0.25, 0.3) is 0 Å². The predicted molar refractivity (Wildman–Crippen MR) is 87.7 cm³/mol. The van der Waals surface area contributed by atoms with Gasteiger partial charge in [-0.05, 0) is 6.42 Å². The molecule has 0 aliphatic rings. The Hall–Kier alpha value is -0.940. The normalized spacial score (nSPS) is 14.6. The number of carboxylic acid groups (broad SMARTS) is 1. The molecule has 0 spiro atoms. The molecule has 0 aliphatic carbocycles. The quantitative estimate of drug-likeness (QED) is 0.404. The number of Topliss-reactive ketones (excluding diaryl/α,β-unsaturated/α-hetero) is 1. The van der Waals surface area contributed by atoms with E-state index in [0.717, 1.165) is 19.3 Å².